The lowest BCUT2D eigenvalue weighted by Crippen LogP contribution is -2.44. The number of nitrogens with zero attached hydrogens (tertiary/aromatic N) is 5. The molecule has 0 spiro atoms. The first-order valence-corrected chi connectivity index (χ1v) is 8.46. The van der Waals surface area contributed by atoms with E-state index in [1.807, 2.05) is 43.2 Å². The number of tetrazole rings is 1. The van der Waals surface area contributed by atoms with Crippen molar-refractivity contribution in [1.29, 1.82) is 0 Å². The maximum absolute atomic E-state index is 12.5. The van der Waals surface area contributed by atoms with Gasteiger partial charge in [0.15, 0.2) is 0 Å². The Morgan fingerprint density at radius 2 is 2.27 bits per heavy atom. The van der Waals surface area contributed by atoms with E-state index in [1.54, 1.807) is 16.1 Å². The maximum Gasteiger partial charge on any atom is 0.228 e. The highest BCUT2D eigenvalue weighted by Gasteiger charge is 2.35. The lowest BCUT2D eigenvalue weighted by atomic mass is 9.94. The van der Waals surface area contributed by atoms with E-state index in [2.05, 4.69) is 15.4 Å². The Morgan fingerprint density at radius 3 is 2.95 bits per heavy atom. The topological polar surface area (TPSA) is 63.9 Å². The predicted molar refractivity (Wildman–Crippen MR) is 85.3 cm³/mol. The molecule has 22 heavy (non-hydrogen) atoms. The summed E-state index contributed by atoms with van der Waals surface area (Å²) < 4.78 is 0. The van der Waals surface area contributed by atoms with Gasteiger partial charge in [0, 0.05) is 12.0 Å². The molecule has 3 rings (SSSR count). The molecule has 1 aliphatic rings. The van der Waals surface area contributed by atoms with Crippen molar-refractivity contribution in [2.45, 2.75) is 46.2 Å². The summed E-state index contributed by atoms with van der Waals surface area (Å²) in [6.45, 7) is 7.33. The van der Waals surface area contributed by atoms with Crippen molar-refractivity contribution < 1.29 is 4.79 Å². The van der Waals surface area contributed by atoms with Crippen LogP contribution in [0.2, 0.25) is 0 Å². The van der Waals surface area contributed by atoms with Gasteiger partial charge < -0.3 is 4.90 Å². The van der Waals surface area contributed by atoms with Crippen molar-refractivity contribution in [1.82, 2.24) is 25.1 Å². The second-order valence-corrected chi connectivity index (χ2v) is 7.64. The Hall–Kier alpha value is -1.76. The summed E-state index contributed by atoms with van der Waals surface area (Å²) in [6, 6.07) is 4.12. The van der Waals surface area contributed by atoms with E-state index in [-0.39, 0.29) is 17.4 Å². The molecular formula is C15H21N5OS. The molecule has 118 valence electrons. The SMILES string of the molecule is CC(C)(C)C(=O)N1CCC[C@@H]1Cn1nnc(-c2cccs2)n1. The van der Waals surface area contributed by atoms with Crippen LogP contribution in [0.15, 0.2) is 17.5 Å². The molecule has 2 aromatic heterocycles. The van der Waals surface area contributed by atoms with Crippen LogP contribution in [-0.4, -0.2) is 43.6 Å². The van der Waals surface area contributed by atoms with E-state index in [9.17, 15) is 4.79 Å². The highest BCUT2D eigenvalue weighted by Crippen LogP contribution is 2.26. The van der Waals surface area contributed by atoms with E-state index < -0.39 is 0 Å². The largest absolute Gasteiger partial charge is 0.337 e. The van der Waals surface area contributed by atoms with Gasteiger partial charge in [-0.3, -0.25) is 4.79 Å². The summed E-state index contributed by atoms with van der Waals surface area (Å²) in [5.41, 5.74) is -0.347. The molecule has 6 nitrogen and oxygen atoms in total. The first-order chi connectivity index (χ1) is 10.4. The molecule has 0 bridgehead atoms. The van der Waals surface area contributed by atoms with E-state index in [1.165, 1.54) is 0 Å². The fraction of sp³-hybridized carbons (Fsp3) is 0.600. The normalized spacial score (nSPS) is 18.9. The van der Waals surface area contributed by atoms with Gasteiger partial charge in [-0.15, -0.1) is 21.5 Å². The molecule has 1 fully saturated rings. The Morgan fingerprint density at radius 1 is 1.45 bits per heavy atom. The van der Waals surface area contributed by atoms with Gasteiger partial charge in [0.05, 0.1) is 17.5 Å². The molecule has 3 heterocycles. The molecule has 0 saturated carbocycles. The number of hydrogen-bond donors (Lipinski definition) is 0. The van der Waals surface area contributed by atoms with E-state index >= 15 is 0 Å². The number of hydrogen-bond acceptors (Lipinski definition) is 5. The van der Waals surface area contributed by atoms with Crippen LogP contribution >= 0.6 is 11.3 Å². The fourth-order valence-electron chi connectivity index (χ4n) is 2.74. The van der Waals surface area contributed by atoms with Crippen LogP contribution in [0.1, 0.15) is 33.6 Å². The quantitative estimate of drug-likeness (QED) is 0.871. The minimum absolute atomic E-state index is 0.164. The van der Waals surface area contributed by atoms with Gasteiger partial charge in [-0.05, 0) is 29.5 Å². The van der Waals surface area contributed by atoms with E-state index in [4.69, 9.17) is 0 Å². The Labute approximate surface area is 134 Å². The lowest BCUT2D eigenvalue weighted by molar-refractivity contribution is -0.140. The van der Waals surface area contributed by atoms with Gasteiger partial charge in [0.2, 0.25) is 11.7 Å². The van der Waals surface area contributed by atoms with Crippen molar-refractivity contribution in [3.05, 3.63) is 17.5 Å². The van der Waals surface area contributed by atoms with Crippen LogP contribution in [0, 0.1) is 5.41 Å². The molecule has 0 radical (unpaired) electrons. The molecule has 0 unspecified atom stereocenters. The van der Waals surface area contributed by atoms with Gasteiger partial charge in [-0.1, -0.05) is 26.8 Å². The van der Waals surface area contributed by atoms with Gasteiger partial charge in [0.25, 0.3) is 0 Å². The average Bonchev–Trinajstić information content (AvgIpc) is 3.18. The van der Waals surface area contributed by atoms with Crippen LogP contribution < -0.4 is 0 Å². The molecular weight excluding hydrogens is 298 g/mol. The van der Waals surface area contributed by atoms with Crippen LogP contribution in [0.3, 0.4) is 0 Å². The highest BCUT2D eigenvalue weighted by molar-refractivity contribution is 7.13. The van der Waals surface area contributed by atoms with Gasteiger partial charge >= 0.3 is 0 Å². The smallest absolute Gasteiger partial charge is 0.228 e. The van der Waals surface area contributed by atoms with Crippen LogP contribution in [0.4, 0.5) is 0 Å². The number of aromatic nitrogens is 4. The molecule has 1 atom stereocenters. The third kappa shape index (κ3) is 3.04. The van der Waals surface area contributed by atoms with Gasteiger partial charge in [-0.2, -0.15) is 4.80 Å². The van der Waals surface area contributed by atoms with Crippen LogP contribution in [0.25, 0.3) is 10.7 Å². The summed E-state index contributed by atoms with van der Waals surface area (Å²) in [5.74, 6) is 0.857. The highest BCUT2D eigenvalue weighted by atomic mass is 32.1. The minimum atomic E-state index is -0.347. The number of rotatable bonds is 3. The predicted octanol–water partition coefficient (Wildman–Crippen LogP) is 2.44. The Kier molecular flexibility index (Phi) is 3.99. The molecule has 1 saturated heterocycles. The molecule has 0 N–H and O–H groups in total. The Balaban J connectivity index is 1.71. The van der Waals surface area contributed by atoms with Crippen LogP contribution in [-0.2, 0) is 11.3 Å². The summed E-state index contributed by atoms with van der Waals surface area (Å²) in [6.07, 6.45) is 2.04. The molecule has 7 heteroatoms. The van der Waals surface area contributed by atoms with Crippen molar-refractivity contribution >= 4 is 17.2 Å². The van der Waals surface area contributed by atoms with E-state index in [0.29, 0.717) is 12.4 Å². The summed E-state index contributed by atoms with van der Waals surface area (Å²) >= 11 is 1.60. The molecule has 0 aromatic carbocycles. The molecule has 0 aliphatic carbocycles. The second kappa shape index (κ2) is 5.79. The van der Waals surface area contributed by atoms with E-state index in [0.717, 1.165) is 24.3 Å². The first kappa shape index (κ1) is 15.1. The summed E-state index contributed by atoms with van der Waals surface area (Å²) in [5, 5.41) is 14.7. The number of carbonyl (C=O) groups excluding carboxylic acids is 1. The van der Waals surface area contributed by atoms with Gasteiger partial charge in [-0.25, -0.2) is 0 Å². The second-order valence-electron chi connectivity index (χ2n) is 6.69. The summed E-state index contributed by atoms with van der Waals surface area (Å²) in [4.78, 5) is 17.1. The zero-order valence-electron chi connectivity index (χ0n) is 13.2. The zero-order valence-corrected chi connectivity index (χ0v) is 14.0. The average molecular weight is 319 g/mol. The number of thiophene rings is 1. The van der Waals surface area contributed by atoms with Crippen molar-refractivity contribution in [2.24, 2.45) is 5.41 Å². The summed E-state index contributed by atoms with van der Waals surface area (Å²) in [7, 11) is 0. The monoisotopic (exact) mass is 319 g/mol. The standard InChI is InChI=1S/C15H21N5OS/c1-15(2,3)14(21)19-8-4-6-11(19)10-20-17-13(16-18-20)12-7-5-9-22-12/h5,7,9,11H,4,6,8,10H2,1-3H3/t11-/m1/s1. The third-order valence-electron chi connectivity index (χ3n) is 3.85. The van der Waals surface area contributed by atoms with Crippen molar-refractivity contribution in [3.63, 3.8) is 0 Å². The zero-order chi connectivity index (χ0) is 15.7. The fourth-order valence-corrected chi connectivity index (χ4v) is 3.39. The molecule has 1 aliphatic heterocycles. The number of likely N-dealkylation sites (tertiary alicyclic amines) is 1. The number of amides is 1. The van der Waals surface area contributed by atoms with Gasteiger partial charge in [0.1, 0.15) is 0 Å². The molecule has 2 aromatic rings. The lowest BCUT2D eigenvalue weighted by Gasteiger charge is -2.30. The first-order valence-electron chi connectivity index (χ1n) is 7.58. The minimum Gasteiger partial charge on any atom is -0.337 e. The maximum atomic E-state index is 12.5. The number of carbonyl (C=O) groups is 1. The molecule has 1 amide bonds. The third-order valence-corrected chi connectivity index (χ3v) is 4.71. The Bertz CT molecular complexity index is 643. The van der Waals surface area contributed by atoms with Crippen molar-refractivity contribution in [3.8, 4) is 10.7 Å². The van der Waals surface area contributed by atoms with Crippen LogP contribution in [0.5, 0.6) is 0 Å². The van der Waals surface area contributed by atoms with Crippen molar-refractivity contribution in [2.75, 3.05) is 6.54 Å².